The molecule has 8 heteroatoms. The Morgan fingerprint density at radius 2 is 1.57 bits per heavy atom. The van der Waals surface area contributed by atoms with Gasteiger partial charge in [0.2, 0.25) is 0 Å². The van der Waals surface area contributed by atoms with Crippen LogP contribution in [-0.4, -0.2) is 51.3 Å². The van der Waals surface area contributed by atoms with E-state index in [1.165, 1.54) is 25.2 Å². The second kappa shape index (κ2) is 10.1. The number of para-hydroxylation sites is 3. The Balaban J connectivity index is 1.57. The van der Waals surface area contributed by atoms with Crippen LogP contribution in [-0.2, 0) is 10.4 Å². The fourth-order valence-electron chi connectivity index (χ4n) is 4.24. The molecule has 0 aromatic heterocycles. The second-order valence-electron chi connectivity index (χ2n) is 8.00. The number of hydrogen-bond donors (Lipinski definition) is 1. The maximum atomic E-state index is 13.5. The summed E-state index contributed by atoms with van der Waals surface area (Å²) in [6.07, 6.45) is -0.448. The molecule has 1 heterocycles. The van der Waals surface area contributed by atoms with Crippen LogP contribution in [0.25, 0.3) is 0 Å². The van der Waals surface area contributed by atoms with Crippen LogP contribution in [0.15, 0.2) is 66.7 Å². The lowest BCUT2D eigenvalue weighted by atomic mass is 9.88. The summed E-state index contributed by atoms with van der Waals surface area (Å²) < 4.78 is 21.7. The van der Waals surface area contributed by atoms with Crippen LogP contribution in [0.2, 0.25) is 0 Å². The van der Waals surface area contributed by atoms with Gasteiger partial charge >= 0.3 is 0 Å². The first-order chi connectivity index (χ1) is 16.9. The fraction of sp³-hybridized carbons (Fsp3) is 0.259. The van der Waals surface area contributed by atoms with Gasteiger partial charge in [-0.2, -0.15) is 0 Å². The first-order valence-electron chi connectivity index (χ1n) is 11.1. The summed E-state index contributed by atoms with van der Waals surface area (Å²) in [5.41, 5.74) is -0.887. The molecule has 0 unspecified atom stereocenters. The summed E-state index contributed by atoms with van der Waals surface area (Å²) in [7, 11) is 4.50. The lowest BCUT2D eigenvalue weighted by molar-refractivity contribution is -0.135. The number of amides is 1. The minimum atomic E-state index is -2.02. The van der Waals surface area contributed by atoms with Crippen LogP contribution in [0, 0.1) is 0 Å². The number of methoxy groups -OCH3 is 3. The number of Topliss-reactive ketones (excluding diaryl/α,β-unsaturated/α-hetero) is 1. The molecule has 0 bridgehead atoms. The standard InChI is InChI=1S/C27H27NO7/c1-32-18-12-13-23(33-2)19(16-18)22(29)17-27(31)20-8-4-5-9-21(20)28(26(27)30)14-15-35-25-11-7-6-10-24(25)34-3/h4-13,16,31H,14-15,17H2,1-3H3/t27-/m0/s1. The SMILES string of the molecule is COc1ccc(OC)c(C(=O)C[C@@]2(O)C(=O)N(CCOc3ccccc3OC)c3ccccc32)c1. The van der Waals surface area contributed by atoms with E-state index >= 15 is 0 Å². The molecule has 1 amide bonds. The molecule has 0 aliphatic carbocycles. The number of hydrogen-bond acceptors (Lipinski definition) is 7. The van der Waals surface area contributed by atoms with E-state index in [9.17, 15) is 14.7 Å². The maximum absolute atomic E-state index is 13.5. The van der Waals surface area contributed by atoms with Gasteiger partial charge in [0.05, 0.1) is 45.5 Å². The van der Waals surface area contributed by atoms with Crippen molar-refractivity contribution in [1.82, 2.24) is 0 Å². The van der Waals surface area contributed by atoms with E-state index in [4.69, 9.17) is 18.9 Å². The van der Waals surface area contributed by atoms with Gasteiger partial charge in [0.1, 0.15) is 18.1 Å². The molecular weight excluding hydrogens is 450 g/mol. The molecule has 3 aromatic carbocycles. The Bertz CT molecular complexity index is 1240. The topological polar surface area (TPSA) is 94.5 Å². The normalized spacial score (nSPS) is 16.6. The van der Waals surface area contributed by atoms with Gasteiger partial charge in [-0.05, 0) is 36.4 Å². The number of aliphatic hydroxyl groups is 1. The van der Waals surface area contributed by atoms with Crippen molar-refractivity contribution in [2.45, 2.75) is 12.0 Å². The molecule has 0 saturated heterocycles. The van der Waals surface area contributed by atoms with Crippen LogP contribution in [0.1, 0.15) is 22.3 Å². The predicted molar refractivity (Wildman–Crippen MR) is 130 cm³/mol. The average molecular weight is 478 g/mol. The van der Waals surface area contributed by atoms with Gasteiger partial charge in [-0.25, -0.2) is 0 Å². The largest absolute Gasteiger partial charge is 0.497 e. The molecule has 182 valence electrons. The van der Waals surface area contributed by atoms with Gasteiger partial charge in [-0.1, -0.05) is 30.3 Å². The summed E-state index contributed by atoms with van der Waals surface area (Å²) in [5, 5.41) is 11.6. The zero-order valence-corrected chi connectivity index (χ0v) is 19.8. The lowest BCUT2D eigenvalue weighted by Gasteiger charge is -2.23. The molecule has 4 rings (SSSR count). The number of ketones is 1. The molecular formula is C27H27NO7. The molecule has 1 atom stereocenters. The van der Waals surface area contributed by atoms with Gasteiger partial charge in [-0.15, -0.1) is 0 Å². The monoisotopic (exact) mass is 477 g/mol. The molecule has 1 aliphatic heterocycles. The van der Waals surface area contributed by atoms with Crippen molar-refractivity contribution in [2.75, 3.05) is 39.4 Å². The molecule has 8 nitrogen and oxygen atoms in total. The predicted octanol–water partition coefficient (Wildman–Crippen LogP) is 3.60. The quantitative estimate of drug-likeness (QED) is 0.446. The third-order valence-corrected chi connectivity index (χ3v) is 6.00. The van der Waals surface area contributed by atoms with E-state index in [0.717, 1.165) is 0 Å². The Kier molecular flexibility index (Phi) is 6.93. The van der Waals surface area contributed by atoms with Gasteiger partial charge in [0.15, 0.2) is 22.9 Å². The highest BCUT2D eigenvalue weighted by atomic mass is 16.5. The van der Waals surface area contributed by atoms with Crippen LogP contribution in [0.4, 0.5) is 5.69 Å². The number of carbonyl (C=O) groups excluding carboxylic acids is 2. The second-order valence-corrected chi connectivity index (χ2v) is 8.00. The van der Waals surface area contributed by atoms with Crippen molar-refractivity contribution < 1.29 is 33.6 Å². The third kappa shape index (κ3) is 4.52. The molecule has 0 saturated carbocycles. The number of carbonyl (C=O) groups is 2. The molecule has 3 aromatic rings. The van der Waals surface area contributed by atoms with Crippen molar-refractivity contribution in [3.63, 3.8) is 0 Å². The van der Waals surface area contributed by atoms with Gasteiger partial charge in [-0.3, -0.25) is 9.59 Å². The Hall–Kier alpha value is -4.04. The highest BCUT2D eigenvalue weighted by molar-refractivity contribution is 6.11. The van der Waals surface area contributed by atoms with Gasteiger partial charge in [0, 0.05) is 5.56 Å². The first-order valence-corrected chi connectivity index (χ1v) is 11.1. The van der Waals surface area contributed by atoms with E-state index < -0.39 is 23.7 Å². The zero-order valence-electron chi connectivity index (χ0n) is 19.8. The number of ether oxygens (including phenoxy) is 4. The Morgan fingerprint density at radius 3 is 2.29 bits per heavy atom. The van der Waals surface area contributed by atoms with Crippen molar-refractivity contribution in [3.05, 3.63) is 77.9 Å². The van der Waals surface area contributed by atoms with E-state index in [2.05, 4.69) is 0 Å². The number of fused-ring (bicyclic) bond motifs is 1. The van der Waals surface area contributed by atoms with Gasteiger partial charge < -0.3 is 29.0 Å². The molecule has 0 spiro atoms. The summed E-state index contributed by atoms with van der Waals surface area (Å²) in [5.74, 6) is 0.895. The molecule has 0 fully saturated rings. The maximum Gasteiger partial charge on any atom is 0.264 e. The third-order valence-electron chi connectivity index (χ3n) is 6.00. The Labute approximate surface area is 203 Å². The minimum absolute atomic E-state index is 0.161. The summed E-state index contributed by atoms with van der Waals surface area (Å²) in [6, 6.07) is 18.9. The van der Waals surface area contributed by atoms with Crippen LogP contribution in [0.5, 0.6) is 23.0 Å². The fourth-order valence-corrected chi connectivity index (χ4v) is 4.24. The lowest BCUT2D eigenvalue weighted by Crippen LogP contribution is -2.43. The number of nitrogens with zero attached hydrogens (tertiary/aromatic N) is 1. The van der Waals surface area contributed by atoms with Crippen LogP contribution < -0.4 is 23.8 Å². The number of rotatable bonds is 10. The van der Waals surface area contributed by atoms with E-state index in [0.29, 0.717) is 34.2 Å². The van der Waals surface area contributed by atoms with E-state index in [1.54, 1.807) is 55.6 Å². The average Bonchev–Trinajstić information content (AvgIpc) is 3.10. The summed E-state index contributed by atoms with van der Waals surface area (Å²) in [6.45, 7) is 0.334. The van der Waals surface area contributed by atoms with E-state index in [1.807, 2.05) is 12.1 Å². The number of anilines is 1. The Morgan fingerprint density at radius 1 is 0.886 bits per heavy atom. The highest BCUT2D eigenvalue weighted by Crippen LogP contribution is 2.43. The summed E-state index contributed by atoms with van der Waals surface area (Å²) >= 11 is 0. The highest BCUT2D eigenvalue weighted by Gasteiger charge is 2.51. The molecule has 0 radical (unpaired) electrons. The first kappa shape index (κ1) is 24.1. The summed E-state index contributed by atoms with van der Waals surface area (Å²) in [4.78, 5) is 28.2. The van der Waals surface area contributed by atoms with Crippen LogP contribution in [0.3, 0.4) is 0 Å². The van der Waals surface area contributed by atoms with Crippen molar-refractivity contribution in [3.8, 4) is 23.0 Å². The van der Waals surface area contributed by atoms with Gasteiger partial charge in [0.25, 0.3) is 5.91 Å². The molecule has 1 N–H and O–H groups in total. The van der Waals surface area contributed by atoms with Crippen molar-refractivity contribution >= 4 is 17.4 Å². The van der Waals surface area contributed by atoms with E-state index in [-0.39, 0.29) is 18.7 Å². The van der Waals surface area contributed by atoms with Crippen molar-refractivity contribution in [2.24, 2.45) is 0 Å². The van der Waals surface area contributed by atoms with Crippen molar-refractivity contribution in [1.29, 1.82) is 0 Å². The smallest absolute Gasteiger partial charge is 0.264 e. The number of benzene rings is 3. The zero-order chi connectivity index (χ0) is 25.0. The van der Waals surface area contributed by atoms with Crippen LogP contribution >= 0.6 is 0 Å². The molecule has 35 heavy (non-hydrogen) atoms. The molecule has 1 aliphatic rings. The minimum Gasteiger partial charge on any atom is -0.497 e.